The van der Waals surface area contributed by atoms with Crippen molar-refractivity contribution in [3.8, 4) is 0 Å². The first-order chi connectivity index (χ1) is 8.56. The van der Waals surface area contributed by atoms with Crippen molar-refractivity contribution in [3.63, 3.8) is 0 Å². The first kappa shape index (κ1) is 13.3. The first-order valence-corrected chi connectivity index (χ1v) is 6.91. The van der Waals surface area contributed by atoms with Crippen LogP contribution in [0.3, 0.4) is 0 Å². The third kappa shape index (κ3) is 3.22. The number of halogens is 1. The van der Waals surface area contributed by atoms with E-state index in [9.17, 15) is 9.59 Å². The highest BCUT2D eigenvalue weighted by molar-refractivity contribution is 14.1. The Balaban J connectivity index is 2.01. The fourth-order valence-electron chi connectivity index (χ4n) is 2.23. The molecular formula is C13H14INO3. The second-order valence-electron chi connectivity index (χ2n) is 4.51. The van der Waals surface area contributed by atoms with Crippen LogP contribution in [0.4, 0.5) is 0 Å². The van der Waals surface area contributed by atoms with Crippen LogP contribution in [0.2, 0.25) is 0 Å². The van der Waals surface area contributed by atoms with E-state index in [-0.39, 0.29) is 18.2 Å². The topological polar surface area (TPSA) is 57.6 Å². The van der Waals surface area contributed by atoms with E-state index < -0.39 is 5.97 Å². The number of rotatable bonds is 3. The molecule has 96 valence electrons. The van der Waals surface area contributed by atoms with Crippen molar-refractivity contribution in [2.45, 2.75) is 12.8 Å². The van der Waals surface area contributed by atoms with Crippen LogP contribution in [0.15, 0.2) is 24.3 Å². The van der Waals surface area contributed by atoms with E-state index in [1.807, 2.05) is 18.2 Å². The Morgan fingerprint density at radius 3 is 2.89 bits per heavy atom. The molecule has 1 atom stereocenters. The minimum Gasteiger partial charge on any atom is -0.481 e. The lowest BCUT2D eigenvalue weighted by Crippen LogP contribution is -2.29. The second-order valence-corrected chi connectivity index (χ2v) is 5.76. The van der Waals surface area contributed by atoms with Crippen LogP contribution >= 0.6 is 22.6 Å². The zero-order valence-electron chi connectivity index (χ0n) is 9.80. The van der Waals surface area contributed by atoms with Gasteiger partial charge in [-0.15, -0.1) is 0 Å². The number of carboxylic acid groups (broad SMARTS) is 1. The number of benzene rings is 1. The molecule has 1 aliphatic rings. The molecule has 4 nitrogen and oxygen atoms in total. The van der Waals surface area contributed by atoms with Gasteiger partial charge in [0, 0.05) is 28.6 Å². The predicted octanol–water partition coefficient (Wildman–Crippen LogP) is 2.23. The van der Waals surface area contributed by atoms with E-state index >= 15 is 0 Å². The quantitative estimate of drug-likeness (QED) is 0.843. The summed E-state index contributed by atoms with van der Waals surface area (Å²) in [5.74, 6) is -0.695. The lowest BCUT2D eigenvalue weighted by atomic mass is 10.1. The summed E-state index contributed by atoms with van der Waals surface area (Å²) >= 11 is 2.17. The third-order valence-corrected chi connectivity index (χ3v) is 3.78. The molecule has 1 N–H and O–H groups in total. The van der Waals surface area contributed by atoms with Crippen molar-refractivity contribution in [1.29, 1.82) is 0 Å². The summed E-state index contributed by atoms with van der Waals surface area (Å²) in [6.07, 6.45) is 0.929. The van der Waals surface area contributed by atoms with Crippen LogP contribution < -0.4 is 0 Å². The Kier molecular flexibility index (Phi) is 4.21. The number of carboxylic acids is 1. The Labute approximate surface area is 119 Å². The molecule has 0 aromatic heterocycles. The zero-order chi connectivity index (χ0) is 13.1. The van der Waals surface area contributed by atoms with Crippen LogP contribution in [-0.4, -0.2) is 35.0 Å². The molecule has 1 aromatic carbocycles. The van der Waals surface area contributed by atoms with Gasteiger partial charge >= 0.3 is 5.97 Å². The summed E-state index contributed by atoms with van der Waals surface area (Å²) in [4.78, 5) is 24.6. The van der Waals surface area contributed by atoms with Crippen molar-refractivity contribution in [2.75, 3.05) is 13.1 Å². The van der Waals surface area contributed by atoms with Crippen LogP contribution in [-0.2, 0) is 4.79 Å². The summed E-state index contributed by atoms with van der Waals surface area (Å²) in [5, 5.41) is 8.75. The molecule has 2 rings (SSSR count). The molecule has 0 bridgehead atoms. The van der Waals surface area contributed by atoms with Crippen molar-refractivity contribution in [1.82, 2.24) is 4.90 Å². The number of carbonyl (C=O) groups excluding carboxylic acids is 1. The van der Waals surface area contributed by atoms with Crippen LogP contribution in [0.25, 0.3) is 0 Å². The summed E-state index contributed by atoms with van der Waals surface area (Å²) in [5.41, 5.74) is 0.679. The maximum absolute atomic E-state index is 12.2. The van der Waals surface area contributed by atoms with Gasteiger partial charge in [-0.3, -0.25) is 9.59 Å². The number of amides is 1. The minimum absolute atomic E-state index is 0.00130. The van der Waals surface area contributed by atoms with Gasteiger partial charge in [0.1, 0.15) is 0 Å². The molecule has 1 aromatic rings. The molecule has 0 aliphatic carbocycles. The molecule has 18 heavy (non-hydrogen) atoms. The van der Waals surface area contributed by atoms with Gasteiger partial charge in [-0.05, 0) is 53.1 Å². The van der Waals surface area contributed by atoms with Gasteiger partial charge in [0.05, 0.1) is 0 Å². The molecule has 0 saturated carbocycles. The zero-order valence-corrected chi connectivity index (χ0v) is 12.0. The van der Waals surface area contributed by atoms with Crippen molar-refractivity contribution >= 4 is 34.5 Å². The van der Waals surface area contributed by atoms with Crippen molar-refractivity contribution in [2.24, 2.45) is 5.92 Å². The van der Waals surface area contributed by atoms with Gasteiger partial charge in [0.25, 0.3) is 5.91 Å². The number of aliphatic carboxylic acids is 1. The summed E-state index contributed by atoms with van der Waals surface area (Å²) < 4.78 is 1.03. The van der Waals surface area contributed by atoms with Crippen LogP contribution in [0, 0.1) is 9.49 Å². The highest BCUT2D eigenvalue weighted by Gasteiger charge is 2.28. The molecule has 0 spiro atoms. The first-order valence-electron chi connectivity index (χ1n) is 5.83. The lowest BCUT2D eigenvalue weighted by Gasteiger charge is -2.16. The van der Waals surface area contributed by atoms with E-state index in [2.05, 4.69) is 22.6 Å². The highest BCUT2D eigenvalue weighted by atomic mass is 127. The van der Waals surface area contributed by atoms with Gasteiger partial charge in [0.15, 0.2) is 0 Å². The molecular weight excluding hydrogens is 345 g/mol. The molecule has 1 saturated heterocycles. The van der Waals surface area contributed by atoms with E-state index in [0.717, 1.165) is 9.99 Å². The van der Waals surface area contributed by atoms with Gasteiger partial charge in [-0.1, -0.05) is 6.07 Å². The fourth-order valence-corrected chi connectivity index (χ4v) is 2.78. The molecule has 0 radical (unpaired) electrons. The van der Waals surface area contributed by atoms with Crippen molar-refractivity contribution in [3.05, 3.63) is 33.4 Å². The highest BCUT2D eigenvalue weighted by Crippen LogP contribution is 2.21. The van der Waals surface area contributed by atoms with Gasteiger partial charge in [0.2, 0.25) is 0 Å². The molecule has 1 aliphatic heterocycles. The standard InChI is InChI=1S/C13H14INO3/c14-11-3-1-2-10(7-11)13(18)15-5-4-9(8-15)6-12(16)17/h1-3,7,9H,4-6,8H2,(H,16,17). The van der Waals surface area contributed by atoms with Crippen LogP contribution in [0.5, 0.6) is 0 Å². The molecule has 1 amide bonds. The lowest BCUT2D eigenvalue weighted by molar-refractivity contribution is -0.138. The number of nitrogens with zero attached hydrogens (tertiary/aromatic N) is 1. The Hall–Kier alpha value is -1.11. The Morgan fingerprint density at radius 2 is 2.22 bits per heavy atom. The number of hydrogen-bond donors (Lipinski definition) is 1. The SMILES string of the molecule is O=C(O)CC1CCN(C(=O)c2cccc(I)c2)C1. The largest absolute Gasteiger partial charge is 0.481 e. The van der Waals surface area contributed by atoms with Crippen LogP contribution in [0.1, 0.15) is 23.2 Å². The average molecular weight is 359 g/mol. The van der Waals surface area contributed by atoms with E-state index in [1.165, 1.54) is 0 Å². The normalized spacial score (nSPS) is 18.9. The summed E-state index contributed by atoms with van der Waals surface area (Å²) in [6, 6.07) is 7.46. The second kappa shape index (κ2) is 5.69. The molecule has 1 unspecified atom stereocenters. The minimum atomic E-state index is -0.788. The number of hydrogen-bond acceptors (Lipinski definition) is 2. The Bertz CT molecular complexity index is 475. The summed E-state index contributed by atoms with van der Waals surface area (Å²) in [7, 11) is 0. The average Bonchev–Trinajstić information content (AvgIpc) is 2.75. The summed E-state index contributed by atoms with van der Waals surface area (Å²) in [6.45, 7) is 1.21. The molecule has 1 fully saturated rings. The van der Waals surface area contributed by atoms with Crippen molar-refractivity contribution < 1.29 is 14.7 Å². The maximum Gasteiger partial charge on any atom is 0.303 e. The van der Waals surface area contributed by atoms with Gasteiger partial charge in [-0.25, -0.2) is 0 Å². The van der Waals surface area contributed by atoms with E-state index in [4.69, 9.17) is 5.11 Å². The smallest absolute Gasteiger partial charge is 0.303 e. The number of likely N-dealkylation sites (tertiary alicyclic amines) is 1. The Morgan fingerprint density at radius 1 is 1.44 bits per heavy atom. The monoisotopic (exact) mass is 359 g/mol. The van der Waals surface area contributed by atoms with E-state index in [0.29, 0.717) is 18.7 Å². The molecule has 5 heteroatoms. The number of carbonyl (C=O) groups is 2. The van der Waals surface area contributed by atoms with Gasteiger partial charge < -0.3 is 10.0 Å². The predicted molar refractivity (Wildman–Crippen MR) is 75.4 cm³/mol. The molecule has 1 heterocycles. The maximum atomic E-state index is 12.2. The third-order valence-electron chi connectivity index (χ3n) is 3.11. The fraction of sp³-hybridized carbons (Fsp3) is 0.385. The van der Waals surface area contributed by atoms with E-state index in [1.54, 1.807) is 11.0 Å². The van der Waals surface area contributed by atoms with Gasteiger partial charge in [-0.2, -0.15) is 0 Å².